The van der Waals surface area contributed by atoms with Gasteiger partial charge in [-0.3, -0.25) is 19.2 Å². The number of pyridine rings is 4. The molecule has 356 valence electrons. The highest BCUT2D eigenvalue weighted by Crippen LogP contribution is 2.53. The highest BCUT2D eigenvalue weighted by molar-refractivity contribution is 7.13. The molecular formula is C52H45N11O7S. The summed E-state index contributed by atoms with van der Waals surface area (Å²) in [5.74, 6) is -1.51. The fourth-order valence-corrected chi connectivity index (χ4v) is 8.79. The van der Waals surface area contributed by atoms with Gasteiger partial charge < -0.3 is 29.7 Å². The number of fused-ring (bicyclic) bond motifs is 4. The normalized spacial score (nSPS) is 14.1. The molecule has 5 aromatic heterocycles. The topological polar surface area (TPSA) is 250 Å². The maximum Gasteiger partial charge on any atom is 0.310 e. The Morgan fingerprint density at radius 2 is 0.986 bits per heavy atom. The molecular weight excluding hydrogens is 923 g/mol. The summed E-state index contributed by atoms with van der Waals surface area (Å²) in [6, 6.07) is 32.2. The van der Waals surface area contributed by atoms with Crippen molar-refractivity contribution in [3.05, 3.63) is 147 Å². The largest absolute Gasteiger partial charge is 0.481 e. The molecule has 0 saturated carbocycles. The summed E-state index contributed by atoms with van der Waals surface area (Å²) < 4.78 is 12.1. The number of benzene rings is 2. The number of aliphatic carboxylic acids is 1. The zero-order chi connectivity index (χ0) is 50.9. The minimum absolute atomic E-state index is 0.0915. The van der Waals surface area contributed by atoms with E-state index in [0.717, 1.165) is 11.1 Å². The summed E-state index contributed by atoms with van der Waals surface area (Å²) in [4.78, 5) is 71.0. The second-order valence-electron chi connectivity index (χ2n) is 18.2. The molecule has 3 amide bonds. The van der Waals surface area contributed by atoms with Gasteiger partial charge in [0.2, 0.25) is 34.6 Å². The van der Waals surface area contributed by atoms with Crippen LogP contribution in [0.5, 0.6) is 23.5 Å². The lowest BCUT2D eigenvalue weighted by Gasteiger charge is -2.37. The van der Waals surface area contributed by atoms with Gasteiger partial charge in [-0.2, -0.15) is 10.5 Å². The van der Waals surface area contributed by atoms with Crippen molar-refractivity contribution in [1.29, 1.82) is 10.5 Å². The first-order valence-electron chi connectivity index (χ1n) is 22.0. The average molecular weight is 968 g/mol. The number of nitriles is 2. The van der Waals surface area contributed by atoms with Crippen molar-refractivity contribution in [2.24, 2.45) is 10.8 Å². The van der Waals surface area contributed by atoms with E-state index in [-0.39, 0.29) is 46.7 Å². The molecule has 19 heteroatoms. The van der Waals surface area contributed by atoms with Crippen LogP contribution in [0, 0.1) is 33.5 Å². The van der Waals surface area contributed by atoms with E-state index in [1.165, 1.54) is 21.1 Å². The number of carboxylic acid groups (broad SMARTS) is 1. The number of hydrogen-bond acceptors (Lipinski definition) is 15. The van der Waals surface area contributed by atoms with Crippen molar-refractivity contribution in [1.82, 2.24) is 39.9 Å². The molecule has 7 heterocycles. The standard InChI is InChI=1S/C27H23N7O3S.C25H22N4O4/c1-27(2,25(36)32-26-33-29-14-38-26)21-18-10-9-17(13-28)30-22(18)37-23-19(21)11-12-20(31-23)15-5-7-16(8-6-15)24(35)34(3)4;1-25(2,24(31)32)20-17-10-9-16(13-26)27-21(17)33-22-18(20)11-12-19(28-22)14-5-7-15(8-6-14)23(30)29(3)4/h5-12,14,21H,1-4H3,(H,32,33,36);5-12,20H,1-4H3,(H,31,32). The van der Waals surface area contributed by atoms with Gasteiger partial charge in [-0.1, -0.05) is 73.7 Å². The Balaban J connectivity index is 0.000000192. The molecule has 2 unspecified atom stereocenters. The molecule has 2 aromatic carbocycles. The van der Waals surface area contributed by atoms with Crippen LogP contribution < -0.4 is 14.8 Å². The van der Waals surface area contributed by atoms with Gasteiger partial charge in [-0.05, 0) is 62.4 Å². The van der Waals surface area contributed by atoms with Gasteiger partial charge in [0, 0.05) is 84.5 Å². The summed E-state index contributed by atoms with van der Waals surface area (Å²) >= 11 is 1.23. The summed E-state index contributed by atoms with van der Waals surface area (Å²) in [7, 11) is 6.79. The van der Waals surface area contributed by atoms with Crippen molar-refractivity contribution in [2.75, 3.05) is 33.5 Å². The van der Waals surface area contributed by atoms with Crippen LogP contribution in [-0.2, 0) is 9.59 Å². The van der Waals surface area contributed by atoms with E-state index in [1.807, 2.05) is 56.3 Å². The number of carbonyl (C=O) groups is 4. The van der Waals surface area contributed by atoms with Gasteiger partial charge in [0.15, 0.2) is 0 Å². The molecule has 71 heavy (non-hydrogen) atoms. The van der Waals surface area contributed by atoms with Crippen molar-refractivity contribution in [3.8, 4) is 58.2 Å². The smallest absolute Gasteiger partial charge is 0.310 e. The van der Waals surface area contributed by atoms with Gasteiger partial charge in [-0.15, -0.1) is 10.2 Å². The Labute approximate surface area is 412 Å². The van der Waals surface area contributed by atoms with Crippen molar-refractivity contribution in [3.63, 3.8) is 0 Å². The first kappa shape index (κ1) is 48.5. The molecule has 0 radical (unpaired) electrons. The van der Waals surface area contributed by atoms with Crippen molar-refractivity contribution < 1.29 is 33.8 Å². The number of aromatic nitrogens is 6. The third-order valence-corrected chi connectivity index (χ3v) is 12.9. The molecule has 7 aromatic rings. The number of ether oxygens (including phenoxy) is 2. The van der Waals surface area contributed by atoms with Gasteiger partial charge in [-0.25, -0.2) is 19.9 Å². The number of rotatable bonds is 9. The van der Waals surface area contributed by atoms with E-state index < -0.39 is 28.6 Å². The molecule has 0 bridgehead atoms. The summed E-state index contributed by atoms with van der Waals surface area (Å²) in [5, 5.41) is 39.5. The number of carbonyl (C=O) groups excluding carboxylic acids is 3. The summed E-state index contributed by atoms with van der Waals surface area (Å²) in [6.45, 7) is 6.95. The summed E-state index contributed by atoms with van der Waals surface area (Å²) in [6.07, 6.45) is 0. The maximum absolute atomic E-state index is 13.5. The van der Waals surface area contributed by atoms with E-state index in [4.69, 9.17) is 14.5 Å². The van der Waals surface area contributed by atoms with Gasteiger partial charge >= 0.3 is 5.97 Å². The van der Waals surface area contributed by atoms with Crippen LogP contribution in [0.1, 0.15) is 93.9 Å². The maximum atomic E-state index is 13.5. The molecule has 0 aliphatic carbocycles. The van der Waals surface area contributed by atoms with Crippen LogP contribution in [0.4, 0.5) is 5.13 Å². The molecule has 2 aliphatic rings. The molecule has 2 N–H and O–H groups in total. The Morgan fingerprint density at radius 1 is 0.592 bits per heavy atom. The third kappa shape index (κ3) is 9.46. The minimum atomic E-state index is -1.18. The Bertz CT molecular complexity index is 3330. The highest BCUT2D eigenvalue weighted by atomic mass is 32.1. The van der Waals surface area contributed by atoms with Crippen LogP contribution in [0.2, 0.25) is 0 Å². The van der Waals surface area contributed by atoms with Gasteiger partial charge in [0.1, 0.15) is 29.0 Å². The van der Waals surface area contributed by atoms with Gasteiger partial charge in [0.05, 0.1) is 22.2 Å². The second kappa shape index (κ2) is 19.2. The zero-order valence-electron chi connectivity index (χ0n) is 39.7. The van der Waals surface area contributed by atoms with Crippen LogP contribution in [0.25, 0.3) is 22.5 Å². The van der Waals surface area contributed by atoms with Crippen LogP contribution in [0.3, 0.4) is 0 Å². The fraction of sp³-hybridized carbons (Fsp3) is 0.231. The minimum Gasteiger partial charge on any atom is -0.481 e. The van der Waals surface area contributed by atoms with E-state index >= 15 is 0 Å². The van der Waals surface area contributed by atoms with E-state index in [1.54, 1.807) is 114 Å². The van der Waals surface area contributed by atoms with Crippen LogP contribution in [-0.4, -0.2) is 96.9 Å². The summed E-state index contributed by atoms with van der Waals surface area (Å²) in [5.41, 5.74) is 6.28. The second-order valence-corrected chi connectivity index (χ2v) is 19.0. The predicted molar refractivity (Wildman–Crippen MR) is 261 cm³/mol. The number of anilines is 1. The molecule has 9 rings (SSSR count). The van der Waals surface area contributed by atoms with E-state index in [0.29, 0.717) is 55.8 Å². The van der Waals surface area contributed by atoms with Crippen LogP contribution >= 0.6 is 11.3 Å². The SMILES string of the molecule is CN(C)C(=O)c1ccc(-c2ccc3c(n2)Oc2nc(C#N)ccc2C3C(C)(C)C(=O)Nc2nncs2)cc1.CN(C)C(=O)c1ccc(-c2ccc3c(n2)Oc2nc(C#N)ccc2C3C(C)(C)C(=O)O)cc1. The van der Waals surface area contributed by atoms with Crippen molar-refractivity contribution in [2.45, 2.75) is 39.5 Å². The van der Waals surface area contributed by atoms with Crippen molar-refractivity contribution >= 4 is 40.2 Å². The number of nitrogens with one attached hydrogen (secondary N) is 1. The lowest BCUT2D eigenvalue weighted by Crippen LogP contribution is -2.38. The highest BCUT2D eigenvalue weighted by Gasteiger charge is 2.46. The first-order chi connectivity index (χ1) is 33.8. The first-order valence-corrected chi connectivity index (χ1v) is 22.8. The molecule has 2 aliphatic heterocycles. The number of carboxylic acids is 1. The quantitative estimate of drug-likeness (QED) is 0.137. The number of nitrogens with zero attached hydrogens (tertiary/aromatic N) is 10. The van der Waals surface area contributed by atoms with Crippen LogP contribution in [0.15, 0.2) is 103 Å². The Morgan fingerprint density at radius 3 is 1.35 bits per heavy atom. The zero-order valence-corrected chi connectivity index (χ0v) is 40.6. The predicted octanol–water partition coefficient (Wildman–Crippen LogP) is 8.54. The lowest BCUT2D eigenvalue weighted by atomic mass is 9.70. The number of amides is 3. The molecule has 0 spiro atoms. The lowest BCUT2D eigenvalue weighted by molar-refractivity contribution is -0.147. The average Bonchev–Trinajstić information content (AvgIpc) is 3.89. The third-order valence-electron chi connectivity index (χ3n) is 12.2. The van der Waals surface area contributed by atoms with E-state index in [2.05, 4.69) is 30.5 Å². The molecule has 0 saturated heterocycles. The van der Waals surface area contributed by atoms with E-state index in [9.17, 15) is 34.8 Å². The fourth-order valence-electron chi connectivity index (χ4n) is 8.35. The van der Waals surface area contributed by atoms with Gasteiger partial charge in [0.25, 0.3) is 11.8 Å². The Hall–Kier alpha value is -8.94. The number of hydrogen-bond donors (Lipinski definition) is 2. The molecule has 18 nitrogen and oxygen atoms in total. The molecule has 0 fully saturated rings. The monoisotopic (exact) mass is 967 g/mol. The Kier molecular flexibility index (Phi) is 13.1. The molecule has 2 atom stereocenters.